The van der Waals surface area contributed by atoms with Crippen molar-refractivity contribution in [1.82, 2.24) is 5.32 Å². The van der Waals surface area contributed by atoms with Gasteiger partial charge < -0.3 is 24.8 Å². The molecule has 0 aromatic heterocycles. The average molecular weight is 416 g/mol. The second-order valence-electron chi connectivity index (χ2n) is 7.90. The van der Waals surface area contributed by atoms with Crippen molar-refractivity contribution in [3.8, 4) is 0 Å². The second-order valence-corrected chi connectivity index (χ2v) is 7.90. The van der Waals surface area contributed by atoms with Crippen molar-refractivity contribution < 1.29 is 18.8 Å². The van der Waals surface area contributed by atoms with Gasteiger partial charge in [-0.2, -0.15) is 0 Å². The Kier molecular flexibility index (Phi) is 7.65. The standard InChI is InChI=1S/C23H31FN4O2/c1-26(2)20-8-4-18(5-9-20)22(16-25-23(29)17-30-3)28-14-12-27(13-15-28)21-10-6-19(24)7-11-21/h4-11,22H,12-17H2,1-3H3,(H,25,29)/p+1/t22-/m1/s1. The van der Waals surface area contributed by atoms with Crippen LogP contribution in [0.3, 0.4) is 0 Å². The third-order valence-electron chi connectivity index (χ3n) is 5.68. The van der Waals surface area contributed by atoms with Gasteiger partial charge in [-0.3, -0.25) is 4.79 Å². The Hall–Kier alpha value is -2.64. The van der Waals surface area contributed by atoms with E-state index < -0.39 is 0 Å². The normalized spacial score (nSPS) is 15.7. The molecule has 1 aliphatic rings. The number of carbonyl (C=O) groups excluding carboxylic acids is 1. The Morgan fingerprint density at radius 3 is 2.33 bits per heavy atom. The van der Waals surface area contributed by atoms with E-state index >= 15 is 0 Å². The summed E-state index contributed by atoms with van der Waals surface area (Å²) in [4.78, 5) is 17.8. The molecule has 2 aromatic rings. The second kappa shape index (κ2) is 10.4. The number of amides is 1. The molecular weight excluding hydrogens is 383 g/mol. The van der Waals surface area contributed by atoms with Gasteiger partial charge in [0, 0.05) is 38.1 Å². The maximum absolute atomic E-state index is 13.2. The first-order valence-corrected chi connectivity index (χ1v) is 10.4. The fourth-order valence-corrected chi connectivity index (χ4v) is 3.95. The monoisotopic (exact) mass is 415 g/mol. The highest BCUT2D eigenvalue weighted by atomic mass is 19.1. The molecule has 1 atom stereocenters. The van der Waals surface area contributed by atoms with Gasteiger partial charge in [0.05, 0.1) is 32.7 Å². The van der Waals surface area contributed by atoms with Crippen LogP contribution in [0.2, 0.25) is 0 Å². The highest BCUT2D eigenvalue weighted by Crippen LogP contribution is 2.18. The van der Waals surface area contributed by atoms with Crippen molar-refractivity contribution in [1.29, 1.82) is 0 Å². The Labute approximate surface area is 178 Å². The van der Waals surface area contributed by atoms with Crippen molar-refractivity contribution in [2.45, 2.75) is 6.04 Å². The van der Waals surface area contributed by atoms with Gasteiger partial charge in [-0.05, 0) is 36.4 Å². The van der Waals surface area contributed by atoms with Gasteiger partial charge in [0.1, 0.15) is 18.5 Å². The van der Waals surface area contributed by atoms with E-state index in [1.807, 2.05) is 26.2 Å². The highest BCUT2D eigenvalue weighted by Gasteiger charge is 2.29. The zero-order valence-electron chi connectivity index (χ0n) is 18.0. The van der Waals surface area contributed by atoms with Crippen molar-refractivity contribution >= 4 is 17.3 Å². The van der Waals surface area contributed by atoms with Crippen molar-refractivity contribution in [2.24, 2.45) is 0 Å². The molecule has 3 rings (SSSR count). The predicted octanol–water partition coefficient (Wildman–Crippen LogP) is 1.10. The van der Waals surface area contributed by atoms with Gasteiger partial charge >= 0.3 is 0 Å². The molecule has 1 fully saturated rings. The van der Waals surface area contributed by atoms with E-state index in [1.54, 1.807) is 0 Å². The largest absolute Gasteiger partial charge is 0.378 e. The van der Waals surface area contributed by atoms with Gasteiger partial charge in [-0.25, -0.2) is 4.39 Å². The molecule has 0 unspecified atom stereocenters. The van der Waals surface area contributed by atoms with E-state index in [1.165, 1.54) is 29.7 Å². The van der Waals surface area contributed by atoms with Gasteiger partial charge in [0.15, 0.2) is 0 Å². The molecular formula is C23H32FN4O2+. The molecule has 162 valence electrons. The van der Waals surface area contributed by atoms with Crippen molar-refractivity contribution in [2.75, 3.05) is 70.3 Å². The smallest absolute Gasteiger partial charge is 0.246 e. The molecule has 6 nitrogen and oxygen atoms in total. The summed E-state index contributed by atoms with van der Waals surface area (Å²) in [6, 6.07) is 15.4. The molecule has 2 N–H and O–H groups in total. The molecule has 7 heteroatoms. The summed E-state index contributed by atoms with van der Waals surface area (Å²) in [5, 5.41) is 3.02. The first kappa shape index (κ1) is 22.1. The van der Waals surface area contributed by atoms with Crippen LogP contribution < -0.4 is 20.0 Å². The zero-order valence-corrected chi connectivity index (χ0v) is 18.0. The SMILES string of the molecule is COCC(=O)NC[C@H](c1ccc(N(C)C)cc1)[NH+]1CCN(c2ccc(F)cc2)CC1. The number of hydrogen-bond donors (Lipinski definition) is 2. The molecule has 0 saturated carbocycles. The van der Waals surface area contributed by atoms with E-state index in [0.29, 0.717) is 6.54 Å². The lowest BCUT2D eigenvalue weighted by Gasteiger charge is -2.38. The first-order valence-electron chi connectivity index (χ1n) is 10.4. The highest BCUT2D eigenvalue weighted by molar-refractivity contribution is 5.77. The van der Waals surface area contributed by atoms with Gasteiger partial charge in [-0.1, -0.05) is 12.1 Å². The minimum absolute atomic E-state index is 0.0694. The number of nitrogens with one attached hydrogen (secondary N) is 2. The van der Waals surface area contributed by atoms with E-state index in [-0.39, 0.29) is 24.4 Å². The Morgan fingerprint density at radius 1 is 1.13 bits per heavy atom. The van der Waals surface area contributed by atoms with Crippen LogP contribution in [0, 0.1) is 5.82 Å². The third-order valence-corrected chi connectivity index (χ3v) is 5.68. The minimum atomic E-state index is -0.212. The summed E-state index contributed by atoms with van der Waals surface area (Å²) in [5.74, 6) is -0.312. The number of methoxy groups -OCH3 is 1. The first-order chi connectivity index (χ1) is 14.5. The number of piperazine rings is 1. The van der Waals surface area contributed by atoms with Crippen LogP contribution in [-0.2, 0) is 9.53 Å². The van der Waals surface area contributed by atoms with Gasteiger partial charge in [0.2, 0.25) is 5.91 Å². The molecule has 1 amide bonds. The topological polar surface area (TPSA) is 49.2 Å². The van der Waals surface area contributed by atoms with Crippen LogP contribution in [-0.4, -0.2) is 66.4 Å². The fourth-order valence-electron chi connectivity index (χ4n) is 3.95. The Bertz CT molecular complexity index is 803. The van der Waals surface area contributed by atoms with Crippen LogP contribution >= 0.6 is 0 Å². The van der Waals surface area contributed by atoms with Crippen molar-refractivity contribution in [3.63, 3.8) is 0 Å². The van der Waals surface area contributed by atoms with Crippen LogP contribution in [0.1, 0.15) is 11.6 Å². The van der Waals surface area contributed by atoms with Gasteiger partial charge in [-0.15, -0.1) is 0 Å². The number of halogens is 1. The van der Waals surface area contributed by atoms with E-state index in [9.17, 15) is 9.18 Å². The summed E-state index contributed by atoms with van der Waals surface area (Å²) in [7, 11) is 5.58. The number of nitrogens with zero attached hydrogens (tertiary/aromatic N) is 2. The van der Waals surface area contributed by atoms with Crippen LogP contribution in [0.5, 0.6) is 0 Å². The molecule has 1 aliphatic heterocycles. The molecule has 1 heterocycles. The average Bonchev–Trinajstić information content (AvgIpc) is 2.75. The lowest BCUT2D eigenvalue weighted by Crippen LogP contribution is -3.15. The molecule has 0 bridgehead atoms. The number of carbonyl (C=O) groups is 1. The van der Waals surface area contributed by atoms with Crippen molar-refractivity contribution in [3.05, 3.63) is 59.9 Å². The molecule has 0 radical (unpaired) electrons. The molecule has 2 aromatic carbocycles. The number of benzene rings is 2. The number of ether oxygens (including phenoxy) is 1. The predicted molar refractivity (Wildman–Crippen MR) is 118 cm³/mol. The maximum atomic E-state index is 13.2. The quantitative estimate of drug-likeness (QED) is 0.678. The number of rotatable bonds is 8. The van der Waals surface area contributed by atoms with E-state index in [0.717, 1.165) is 37.6 Å². The summed E-state index contributed by atoms with van der Waals surface area (Å²) in [5.41, 5.74) is 3.41. The van der Waals surface area contributed by atoms with Crippen LogP contribution in [0.15, 0.2) is 48.5 Å². The number of quaternary nitrogens is 1. The summed E-state index contributed by atoms with van der Waals surface area (Å²) < 4.78 is 18.2. The lowest BCUT2D eigenvalue weighted by atomic mass is 10.0. The zero-order chi connectivity index (χ0) is 21.5. The summed E-state index contributed by atoms with van der Waals surface area (Å²) in [6.45, 7) is 4.29. The molecule has 30 heavy (non-hydrogen) atoms. The van der Waals surface area contributed by atoms with Crippen LogP contribution in [0.4, 0.5) is 15.8 Å². The Balaban J connectivity index is 1.70. The number of anilines is 2. The molecule has 0 spiro atoms. The Morgan fingerprint density at radius 2 is 1.77 bits per heavy atom. The third kappa shape index (κ3) is 5.70. The molecule has 0 aliphatic carbocycles. The summed E-state index contributed by atoms with van der Waals surface area (Å²) in [6.07, 6.45) is 0. The lowest BCUT2D eigenvalue weighted by molar-refractivity contribution is -0.931. The molecule has 1 saturated heterocycles. The number of hydrogen-bond acceptors (Lipinski definition) is 4. The van der Waals surface area contributed by atoms with Gasteiger partial charge in [0.25, 0.3) is 0 Å². The van der Waals surface area contributed by atoms with Crippen LogP contribution in [0.25, 0.3) is 0 Å². The van der Waals surface area contributed by atoms with E-state index in [4.69, 9.17) is 4.74 Å². The maximum Gasteiger partial charge on any atom is 0.246 e. The minimum Gasteiger partial charge on any atom is -0.378 e. The van der Waals surface area contributed by atoms with E-state index in [2.05, 4.69) is 39.4 Å². The summed E-state index contributed by atoms with van der Waals surface area (Å²) >= 11 is 0. The fraction of sp³-hybridized carbons (Fsp3) is 0.435.